The van der Waals surface area contributed by atoms with Crippen molar-refractivity contribution in [3.05, 3.63) is 84.7 Å². The van der Waals surface area contributed by atoms with E-state index in [-0.39, 0.29) is 17.9 Å². The van der Waals surface area contributed by atoms with Crippen molar-refractivity contribution in [1.82, 2.24) is 35.5 Å². The number of benzene rings is 3. The van der Waals surface area contributed by atoms with E-state index in [0.717, 1.165) is 81.9 Å². The number of nitrogens with zero attached hydrogens (tertiary/aromatic N) is 3. The molecule has 7 rings (SSSR count). The monoisotopic (exact) mass is 631 g/mol. The average Bonchev–Trinajstić information content (AvgIpc) is 3.93. The Labute approximate surface area is 274 Å². The van der Waals surface area contributed by atoms with Gasteiger partial charge in [-0.05, 0) is 77.7 Å². The van der Waals surface area contributed by atoms with Crippen LogP contribution >= 0.6 is 0 Å². The predicted octanol–water partition coefficient (Wildman–Crippen LogP) is 6.76. The molecule has 5 aromatic rings. The number of carbonyl (C=O) groups is 2. The maximum Gasteiger partial charge on any atom is 0.407 e. The van der Waals surface area contributed by atoms with Gasteiger partial charge in [0.25, 0.3) is 0 Å². The molecule has 3 atom stereocenters. The van der Waals surface area contributed by atoms with Crippen LogP contribution in [0.15, 0.2) is 73.1 Å². The molecule has 2 fully saturated rings. The number of methoxy groups -OCH3 is 1. The number of likely N-dealkylation sites (tertiary alicyclic amines) is 1. The third-order valence-corrected chi connectivity index (χ3v) is 9.50. The molecule has 0 radical (unpaired) electrons. The number of H-pyrrole nitrogens is 2. The Morgan fingerprint density at radius 3 is 2.17 bits per heavy atom. The molecule has 2 aliphatic heterocycles. The zero-order valence-electron chi connectivity index (χ0n) is 27.0. The first-order chi connectivity index (χ1) is 22.9. The average molecular weight is 632 g/mol. The van der Waals surface area contributed by atoms with Crippen molar-refractivity contribution in [2.75, 3.05) is 20.2 Å². The van der Waals surface area contributed by atoms with E-state index in [2.05, 4.69) is 86.2 Å². The van der Waals surface area contributed by atoms with Crippen molar-refractivity contribution in [3.63, 3.8) is 0 Å². The predicted molar refractivity (Wildman–Crippen MR) is 182 cm³/mol. The molecule has 10 heteroatoms. The van der Waals surface area contributed by atoms with Gasteiger partial charge in [-0.3, -0.25) is 4.79 Å². The van der Waals surface area contributed by atoms with Crippen LogP contribution in [-0.2, 0) is 9.53 Å². The third-order valence-electron chi connectivity index (χ3n) is 9.50. The summed E-state index contributed by atoms with van der Waals surface area (Å²) < 4.78 is 4.76. The van der Waals surface area contributed by atoms with Crippen molar-refractivity contribution in [3.8, 4) is 33.6 Å². The Bertz CT molecular complexity index is 1890. The highest BCUT2D eigenvalue weighted by molar-refractivity contribution is 5.91. The van der Waals surface area contributed by atoms with Gasteiger partial charge in [0, 0.05) is 12.1 Å². The highest BCUT2D eigenvalue weighted by atomic mass is 16.5. The number of imidazole rings is 2. The van der Waals surface area contributed by atoms with Crippen LogP contribution in [0, 0.1) is 5.92 Å². The SMILES string of the molecule is COC(=O)N[C@H](C(=O)N1CCCC1c1ncc(-c2ccc3cc(-c4ccc(-c5cnc(C6CCCN6)[nH]5)cc4)ccc3c2)[nH]1)C(C)C. The fourth-order valence-corrected chi connectivity index (χ4v) is 6.86. The molecule has 3 aromatic carbocycles. The molecule has 2 unspecified atom stereocenters. The van der Waals surface area contributed by atoms with Crippen LogP contribution in [0.3, 0.4) is 0 Å². The van der Waals surface area contributed by atoms with E-state index in [1.54, 1.807) is 0 Å². The highest BCUT2D eigenvalue weighted by Gasteiger charge is 2.37. The number of alkyl carbamates (subject to hydrolysis) is 1. The van der Waals surface area contributed by atoms with E-state index in [1.165, 1.54) is 13.5 Å². The summed E-state index contributed by atoms with van der Waals surface area (Å²) in [5.74, 6) is 1.57. The lowest BCUT2D eigenvalue weighted by molar-refractivity contribution is -0.135. The Morgan fingerprint density at radius 1 is 0.830 bits per heavy atom. The van der Waals surface area contributed by atoms with Gasteiger partial charge in [0.2, 0.25) is 5.91 Å². The molecule has 0 saturated carbocycles. The maximum atomic E-state index is 13.5. The molecular formula is C37H41N7O3. The molecule has 2 aromatic heterocycles. The summed E-state index contributed by atoms with van der Waals surface area (Å²) >= 11 is 0. The lowest BCUT2D eigenvalue weighted by Crippen LogP contribution is -2.51. The van der Waals surface area contributed by atoms with Crippen molar-refractivity contribution >= 4 is 22.8 Å². The first kappa shape index (κ1) is 30.7. The molecule has 2 amide bonds. The zero-order valence-corrected chi connectivity index (χ0v) is 27.0. The van der Waals surface area contributed by atoms with Gasteiger partial charge in [-0.25, -0.2) is 14.8 Å². The summed E-state index contributed by atoms with van der Waals surface area (Å²) in [4.78, 5) is 43.6. The second-order valence-electron chi connectivity index (χ2n) is 12.9. The van der Waals surface area contributed by atoms with E-state index < -0.39 is 12.1 Å². The van der Waals surface area contributed by atoms with Crippen LogP contribution in [0.2, 0.25) is 0 Å². The van der Waals surface area contributed by atoms with Crippen molar-refractivity contribution in [2.45, 2.75) is 57.7 Å². The standard InChI is InChI=1S/C37H41N7O3/c1-22(2)33(43-37(46)47-3)36(45)44-17-5-7-32(44)35-40-21-31(42-35)28-15-14-26-18-25(12-13-27(26)19-28)23-8-10-24(11-9-23)30-20-39-34(41-30)29-6-4-16-38-29/h8-15,18-22,29,32-33,38H,4-7,16-17H2,1-3H3,(H,39,41)(H,40,42)(H,43,46)/t29?,32?,33-/m0/s1. The maximum absolute atomic E-state index is 13.5. The zero-order chi connectivity index (χ0) is 32.5. The van der Waals surface area contributed by atoms with Gasteiger partial charge < -0.3 is 30.2 Å². The van der Waals surface area contributed by atoms with E-state index in [0.29, 0.717) is 12.6 Å². The van der Waals surface area contributed by atoms with E-state index in [4.69, 9.17) is 9.72 Å². The number of hydrogen-bond donors (Lipinski definition) is 4. The topological polar surface area (TPSA) is 128 Å². The summed E-state index contributed by atoms with van der Waals surface area (Å²) in [5.41, 5.74) is 6.41. The summed E-state index contributed by atoms with van der Waals surface area (Å²) in [6, 6.07) is 21.1. The van der Waals surface area contributed by atoms with Crippen LogP contribution in [0.5, 0.6) is 0 Å². The first-order valence-corrected chi connectivity index (χ1v) is 16.5. The minimum atomic E-state index is -0.663. The molecule has 0 bridgehead atoms. The quantitative estimate of drug-likeness (QED) is 0.150. The lowest BCUT2D eigenvalue weighted by atomic mass is 9.98. The summed E-state index contributed by atoms with van der Waals surface area (Å²) in [6.45, 7) is 5.50. The second-order valence-corrected chi connectivity index (χ2v) is 12.9. The van der Waals surface area contributed by atoms with Crippen LogP contribution in [-0.4, -0.2) is 63.1 Å². The Balaban J connectivity index is 1.06. The number of aromatic nitrogens is 4. The van der Waals surface area contributed by atoms with Crippen LogP contribution in [0.4, 0.5) is 4.79 Å². The Morgan fingerprint density at radius 2 is 1.47 bits per heavy atom. The molecular weight excluding hydrogens is 590 g/mol. The molecule has 0 spiro atoms. The van der Waals surface area contributed by atoms with E-state index in [1.807, 2.05) is 31.1 Å². The number of ether oxygens (including phenoxy) is 1. The van der Waals surface area contributed by atoms with Crippen LogP contribution in [0.25, 0.3) is 44.4 Å². The van der Waals surface area contributed by atoms with Gasteiger partial charge in [-0.15, -0.1) is 0 Å². The van der Waals surface area contributed by atoms with Gasteiger partial charge in [-0.1, -0.05) is 62.4 Å². The molecule has 242 valence electrons. The van der Waals surface area contributed by atoms with Crippen LogP contribution in [0.1, 0.15) is 63.3 Å². The Kier molecular flexibility index (Phi) is 8.51. The fraction of sp³-hybridized carbons (Fsp3) is 0.351. The molecule has 4 N–H and O–H groups in total. The van der Waals surface area contributed by atoms with Gasteiger partial charge in [0.15, 0.2) is 0 Å². The molecule has 0 aliphatic carbocycles. The largest absolute Gasteiger partial charge is 0.453 e. The summed E-state index contributed by atoms with van der Waals surface area (Å²) in [5, 5.41) is 8.50. The number of nitrogens with one attached hydrogen (secondary N) is 4. The number of rotatable bonds is 8. The smallest absolute Gasteiger partial charge is 0.407 e. The molecule has 2 saturated heterocycles. The molecule has 4 heterocycles. The number of carbonyl (C=O) groups excluding carboxylic acids is 2. The fourth-order valence-electron chi connectivity index (χ4n) is 6.86. The number of hydrogen-bond acceptors (Lipinski definition) is 6. The van der Waals surface area contributed by atoms with E-state index >= 15 is 0 Å². The first-order valence-electron chi connectivity index (χ1n) is 16.5. The van der Waals surface area contributed by atoms with Crippen molar-refractivity contribution in [2.24, 2.45) is 5.92 Å². The Hall–Kier alpha value is -4.96. The van der Waals surface area contributed by atoms with Crippen LogP contribution < -0.4 is 10.6 Å². The molecule has 2 aliphatic rings. The lowest BCUT2D eigenvalue weighted by Gasteiger charge is -2.30. The molecule has 47 heavy (non-hydrogen) atoms. The number of fused-ring (bicyclic) bond motifs is 1. The third kappa shape index (κ3) is 6.25. The second kappa shape index (κ2) is 13.0. The van der Waals surface area contributed by atoms with Gasteiger partial charge in [-0.2, -0.15) is 0 Å². The van der Waals surface area contributed by atoms with Crippen molar-refractivity contribution in [1.29, 1.82) is 0 Å². The van der Waals surface area contributed by atoms with Gasteiger partial charge >= 0.3 is 6.09 Å². The van der Waals surface area contributed by atoms with Gasteiger partial charge in [0.05, 0.1) is 43.0 Å². The van der Waals surface area contributed by atoms with Crippen molar-refractivity contribution < 1.29 is 14.3 Å². The number of aromatic amines is 2. The minimum Gasteiger partial charge on any atom is -0.453 e. The summed E-state index contributed by atoms with van der Waals surface area (Å²) in [6.07, 6.45) is 7.16. The highest BCUT2D eigenvalue weighted by Crippen LogP contribution is 2.34. The normalized spacial score (nSPS) is 18.6. The van der Waals surface area contributed by atoms with E-state index in [9.17, 15) is 9.59 Å². The summed E-state index contributed by atoms with van der Waals surface area (Å²) in [7, 11) is 1.30. The molecule has 10 nitrogen and oxygen atoms in total. The minimum absolute atomic E-state index is 0.0815. The number of amides is 2. The van der Waals surface area contributed by atoms with Gasteiger partial charge in [0.1, 0.15) is 17.7 Å².